The van der Waals surface area contributed by atoms with Gasteiger partial charge in [-0.1, -0.05) is 24.3 Å². The molecular formula is C19H16N2O3. The van der Waals surface area contributed by atoms with Crippen LogP contribution in [-0.2, 0) is 4.79 Å². The lowest BCUT2D eigenvalue weighted by molar-refractivity contribution is -0.117. The quantitative estimate of drug-likeness (QED) is 0.691. The molecule has 0 saturated heterocycles. The van der Waals surface area contributed by atoms with Gasteiger partial charge in [0.2, 0.25) is 5.91 Å². The third-order valence-corrected chi connectivity index (χ3v) is 4.62. The molecule has 1 amide bonds. The summed E-state index contributed by atoms with van der Waals surface area (Å²) in [4.78, 5) is 39.5. The minimum atomic E-state index is -0.663. The van der Waals surface area contributed by atoms with E-state index in [2.05, 4.69) is 5.32 Å². The predicted octanol–water partition coefficient (Wildman–Crippen LogP) is 2.98. The van der Waals surface area contributed by atoms with E-state index in [-0.39, 0.29) is 17.5 Å². The minimum Gasteiger partial charge on any atom is -0.360 e. The smallest absolute Gasteiger partial charge is 0.225 e. The molecule has 1 heterocycles. The molecule has 5 heteroatoms. The molecule has 0 bridgehead atoms. The van der Waals surface area contributed by atoms with Crippen LogP contribution in [0.1, 0.15) is 52.6 Å². The summed E-state index contributed by atoms with van der Waals surface area (Å²) in [6.45, 7) is 5.22. The zero-order valence-corrected chi connectivity index (χ0v) is 13.6. The van der Waals surface area contributed by atoms with E-state index >= 15 is 0 Å². The molecule has 2 aliphatic rings. The highest BCUT2D eigenvalue weighted by Gasteiger charge is 2.43. The van der Waals surface area contributed by atoms with Gasteiger partial charge >= 0.3 is 0 Å². The Hall–Kier alpha value is -2.95. The molecule has 0 aromatic heterocycles. The average Bonchev–Trinajstić information content (AvgIpc) is 2.81. The van der Waals surface area contributed by atoms with Crippen molar-refractivity contribution in [3.05, 3.63) is 58.7 Å². The lowest BCUT2D eigenvalue weighted by atomic mass is 9.83. The molecule has 0 fully saturated rings. The van der Waals surface area contributed by atoms with E-state index in [1.54, 1.807) is 41.3 Å². The Kier molecular flexibility index (Phi) is 2.77. The number of hydrogen-bond acceptors (Lipinski definition) is 4. The van der Waals surface area contributed by atoms with E-state index in [9.17, 15) is 14.4 Å². The number of ketones is 2. The molecule has 1 aliphatic heterocycles. The van der Waals surface area contributed by atoms with Crippen LogP contribution in [0.25, 0.3) is 0 Å². The molecule has 4 rings (SSSR count). The van der Waals surface area contributed by atoms with Crippen molar-refractivity contribution in [3.63, 3.8) is 0 Å². The van der Waals surface area contributed by atoms with Gasteiger partial charge in [0.25, 0.3) is 0 Å². The van der Waals surface area contributed by atoms with Crippen LogP contribution in [0.2, 0.25) is 0 Å². The van der Waals surface area contributed by atoms with Gasteiger partial charge in [-0.25, -0.2) is 0 Å². The zero-order chi connectivity index (χ0) is 17.2. The van der Waals surface area contributed by atoms with Crippen molar-refractivity contribution >= 4 is 28.8 Å². The monoisotopic (exact) mass is 320 g/mol. The van der Waals surface area contributed by atoms with E-state index in [0.717, 1.165) is 0 Å². The molecule has 0 saturated carbocycles. The molecule has 0 radical (unpaired) electrons. The molecule has 2 aromatic rings. The normalized spacial score (nSPS) is 17.0. The van der Waals surface area contributed by atoms with Crippen LogP contribution >= 0.6 is 0 Å². The van der Waals surface area contributed by atoms with Crippen LogP contribution in [0.3, 0.4) is 0 Å². The van der Waals surface area contributed by atoms with Crippen LogP contribution in [0.4, 0.5) is 11.4 Å². The number of carbonyl (C=O) groups is 3. The van der Waals surface area contributed by atoms with Crippen molar-refractivity contribution in [1.29, 1.82) is 0 Å². The number of nitrogens with one attached hydrogen (secondary N) is 1. The number of nitrogens with zero attached hydrogens (tertiary/aromatic N) is 1. The van der Waals surface area contributed by atoms with Crippen LogP contribution < -0.4 is 10.2 Å². The van der Waals surface area contributed by atoms with Crippen molar-refractivity contribution < 1.29 is 14.4 Å². The molecule has 0 atom stereocenters. The number of fused-ring (bicyclic) bond motifs is 4. The van der Waals surface area contributed by atoms with E-state index in [1.165, 1.54) is 6.92 Å². The standard InChI is InChI=1S/C19H16N2O3/c1-10(22)21-14-9-8-13-15(16(14)20-19(21,2)3)18(24)12-7-5-4-6-11(12)17(13)23/h4-9,20H,1-3H3. The molecular weight excluding hydrogens is 304 g/mol. The number of benzene rings is 2. The van der Waals surface area contributed by atoms with Gasteiger partial charge in [0.15, 0.2) is 11.6 Å². The fraction of sp³-hybridized carbons (Fsp3) is 0.211. The Morgan fingerprint density at radius 2 is 1.58 bits per heavy atom. The van der Waals surface area contributed by atoms with Gasteiger partial charge in [0.05, 0.1) is 16.9 Å². The average molecular weight is 320 g/mol. The van der Waals surface area contributed by atoms with Crippen LogP contribution in [0, 0.1) is 0 Å². The van der Waals surface area contributed by atoms with Gasteiger partial charge in [0.1, 0.15) is 5.66 Å². The highest BCUT2D eigenvalue weighted by molar-refractivity contribution is 6.31. The third kappa shape index (κ3) is 1.72. The maximum absolute atomic E-state index is 13.0. The van der Waals surface area contributed by atoms with Gasteiger partial charge < -0.3 is 5.32 Å². The van der Waals surface area contributed by atoms with E-state index < -0.39 is 5.66 Å². The fourth-order valence-electron chi connectivity index (χ4n) is 3.71. The number of carbonyl (C=O) groups excluding carboxylic acids is 3. The highest BCUT2D eigenvalue weighted by atomic mass is 16.2. The maximum Gasteiger partial charge on any atom is 0.225 e. The summed E-state index contributed by atoms with van der Waals surface area (Å²) in [7, 11) is 0. The van der Waals surface area contributed by atoms with E-state index in [4.69, 9.17) is 0 Å². The number of anilines is 2. The third-order valence-electron chi connectivity index (χ3n) is 4.62. The Morgan fingerprint density at radius 3 is 2.21 bits per heavy atom. The van der Waals surface area contributed by atoms with Crippen LogP contribution in [-0.4, -0.2) is 23.1 Å². The van der Waals surface area contributed by atoms with Crippen LogP contribution in [0.15, 0.2) is 36.4 Å². The number of amides is 1. The van der Waals surface area contributed by atoms with Gasteiger partial charge in [0, 0.05) is 23.6 Å². The Bertz CT molecular complexity index is 944. The van der Waals surface area contributed by atoms with Gasteiger partial charge in [-0.3, -0.25) is 19.3 Å². The Balaban J connectivity index is 2.00. The Labute approximate surface area is 139 Å². The molecule has 120 valence electrons. The second kappa shape index (κ2) is 4.54. The molecule has 0 spiro atoms. The first-order valence-corrected chi connectivity index (χ1v) is 7.77. The lowest BCUT2D eigenvalue weighted by Crippen LogP contribution is -2.47. The lowest BCUT2D eigenvalue weighted by Gasteiger charge is -2.30. The summed E-state index contributed by atoms with van der Waals surface area (Å²) < 4.78 is 0. The minimum absolute atomic E-state index is 0.124. The van der Waals surface area contributed by atoms with E-state index in [0.29, 0.717) is 33.6 Å². The number of hydrogen-bond donors (Lipinski definition) is 1. The fourth-order valence-corrected chi connectivity index (χ4v) is 3.71. The topological polar surface area (TPSA) is 66.5 Å². The molecule has 5 nitrogen and oxygen atoms in total. The zero-order valence-electron chi connectivity index (χ0n) is 13.6. The molecule has 24 heavy (non-hydrogen) atoms. The van der Waals surface area contributed by atoms with Gasteiger partial charge in [-0.2, -0.15) is 0 Å². The second-order valence-corrected chi connectivity index (χ2v) is 6.62. The largest absolute Gasteiger partial charge is 0.360 e. The molecule has 0 unspecified atom stereocenters. The van der Waals surface area contributed by atoms with Gasteiger partial charge in [-0.15, -0.1) is 0 Å². The van der Waals surface area contributed by atoms with Gasteiger partial charge in [-0.05, 0) is 26.0 Å². The summed E-state index contributed by atoms with van der Waals surface area (Å²) in [6.07, 6.45) is 0. The predicted molar refractivity (Wildman–Crippen MR) is 90.6 cm³/mol. The number of rotatable bonds is 0. The SMILES string of the molecule is CC(=O)N1c2ccc3c(c2NC1(C)C)C(=O)c1ccccc1C3=O. The van der Waals surface area contributed by atoms with Crippen molar-refractivity contribution in [2.45, 2.75) is 26.4 Å². The molecule has 1 aliphatic carbocycles. The molecule has 2 aromatic carbocycles. The van der Waals surface area contributed by atoms with Crippen molar-refractivity contribution in [1.82, 2.24) is 0 Å². The summed E-state index contributed by atoms with van der Waals surface area (Å²) >= 11 is 0. The first kappa shape index (κ1) is 14.6. The Morgan fingerprint density at radius 1 is 0.958 bits per heavy atom. The highest BCUT2D eigenvalue weighted by Crippen LogP contribution is 2.45. The first-order chi connectivity index (χ1) is 11.3. The van der Waals surface area contributed by atoms with Crippen molar-refractivity contribution in [2.75, 3.05) is 10.2 Å². The van der Waals surface area contributed by atoms with E-state index in [1.807, 2.05) is 13.8 Å². The second-order valence-electron chi connectivity index (χ2n) is 6.62. The van der Waals surface area contributed by atoms with Crippen LogP contribution in [0.5, 0.6) is 0 Å². The van der Waals surface area contributed by atoms with Crippen molar-refractivity contribution in [3.8, 4) is 0 Å². The summed E-state index contributed by atoms with van der Waals surface area (Å²) in [5.41, 5.74) is 2.09. The summed E-state index contributed by atoms with van der Waals surface area (Å²) in [5, 5.41) is 3.25. The van der Waals surface area contributed by atoms with Crippen molar-refractivity contribution in [2.24, 2.45) is 0 Å². The maximum atomic E-state index is 13.0. The molecule has 1 N–H and O–H groups in total. The first-order valence-electron chi connectivity index (χ1n) is 7.77. The summed E-state index contributed by atoms with van der Waals surface area (Å²) in [6, 6.07) is 10.2. The summed E-state index contributed by atoms with van der Waals surface area (Å²) in [5.74, 6) is -0.476.